The largest absolute Gasteiger partial charge is 0.508 e. The number of phenols is 2. The van der Waals surface area contributed by atoms with Crippen LogP contribution in [-0.4, -0.2) is 23.4 Å². The van der Waals surface area contributed by atoms with Crippen LogP contribution in [0.3, 0.4) is 0 Å². The van der Waals surface area contributed by atoms with Crippen LogP contribution in [0.15, 0.2) is 45.3 Å². The van der Waals surface area contributed by atoms with Gasteiger partial charge in [-0.25, -0.2) is 0 Å². The van der Waals surface area contributed by atoms with Crippen molar-refractivity contribution < 1.29 is 23.8 Å². The van der Waals surface area contributed by atoms with Crippen molar-refractivity contribution in [3.8, 4) is 11.5 Å². The first kappa shape index (κ1) is 21.3. The number of benzene rings is 2. The minimum atomic E-state index is -3.56. The highest BCUT2D eigenvalue weighted by atomic mass is 79.9. The summed E-state index contributed by atoms with van der Waals surface area (Å²) in [5, 5.41) is 22.6. The lowest BCUT2D eigenvalue weighted by Gasteiger charge is -2.28. The lowest BCUT2D eigenvalue weighted by Crippen LogP contribution is -2.15. The molecule has 0 aliphatic rings. The van der Waals surface area contributed by atoms with Crippen molar-refractivity contribution in [3.05, 3.63) is 50.9 Å². The molecule has 0 saturated heterocycles. The van der Waals surface area contributed by atoms with E-state index in [2.05, 4.69) is 37.2 Å². The van der Waals surface area contributed by atoms with Crippen molar-refractivity contribution in [2.45, 2.75) is 19.6 Å². The SMILES string of the molecule is CCOP(=O)(OCC)C(Nc1cc(Br)c(O)c(Br)c1)c1ccc(O)cc1. The minimum Gasteiger partial charge on any atom is -0.508 e. The average Bonchev–Trinajstić information content (AvgIpc) is 2.59. The van der Waals surface area contributed by atoms with Gasteiger partial charge in [0, 0.05) is 5.69 Å². The lowest BCUT2D eigenvalue weighted by atomic mass is 10.2. The van der Waals surface area contributed by atoms with Gasteiger partial charge in [0.25, 0.3) is 0 Å². The van der Waals surface area contributed by atoms with Crippen LogP contribution in [0.2, 0.25) is 0 Å². The number of anilines is 1. The van der Waals surface area contributed by atoms with Crippen LogP contribution in [-0.2, 0) is 13.6 Å². The molecule has 0 aromatic heterocycles. The molecule has 9 heteroatoms. The maximum atomic E-state index is 13.4. The number of halogens is 2. The summed E-state index contributed by atoms with van der Waals surface area (Å²) in [6.07, 6.45) is 0. The zero-order valence-corrected chi connectivity index (χ0v) is 18.3. The van der Waals surface area contributed by atoms with Crippen molar-refractivity contribution in [1.82, 2.24) is 0 Å². The molecule has 26 heavy (non-hydrogen) atoms. The Labute approximate surface area is 169 Å². The van der Waals surface area contributed by atoms with Gasteiger partial charge < -0.3 is 24.6 Å². The van der Waals surface area contributed by atoms with Gasteiger partial charge in [-0.2, -0.15) is 0 Å². The van der Waals surface area contributed by atoms with Crippen molar-refractivity contribution in [2.75, 3.05) is 18.5 Å². The quantitative estimate of drug-likeness (QED) is 0.299. The summed E-state index contributed by atoms with van der Waals surface area (Å²) in [6.45, 7) is 3.92. The van der Waals surface area contributed by atoms with Gasteiger partial charge in [-0.05, 0) is 75.5 Å². The van der Waals surface area contributed by atoms with Gasteiger partial charge in [0.15, 0.2) is 5.78 Å². The number of phenolic OH excluding ortho intramolecular Hbond substituents is 2. The highest BCUT2D eigenvalue weighted by Crippen LogP contribution is 2.61. The smallest absolute Gasteiger partial charge is 0.357 e. The number of hydrogen-bond donors (Lipinski definition) is 3. The predicted octanol–water partition coefficient (Wildman–Crippen LogP) is 6.00. The lowest BCUT2D eigenvalue weighted by molar-refractivity contribution is 0.214. The molecule has 3 N–H and O–H groups in total. The number of nitrogens with one attached hydrogen (secondary N) is 1. The summed E-state index contributed by atoms with van der Waals surface area (Å²) in [6, 6.07) is 9.65. The Hall–Kier alpha value is -1.05. The first-order valence-corrected chi connectivity index (χ1v) is 11.1. The summed E-state index contributed by atoms with van der Waals surface area (Å²) in [5.41, 5.74) is 1.23. The summed E-state index contributed by atoms with van der Waals surface area (Å²) in [7, 11) is -3.56. The Morgan fingerprint density at radius 1 is 1.04 bits per heavy atom. The van der Waals surface area contributed by atoms with E-state index in [1.807, 2.05) is 0 Å². The van der Waals surface area contributed by atoms with E-state index < -0.39 is 13.4 Å². The van der Waals surface area contributed by atoms with E-state index in [9.17, 15) is 14.8 Å². The zero-order chi connectivity index (χ0) is 19.3. The van der Waals surface area contributed by atoms with E-state index in [-0.39, 0.29) is 24.7 Å². The fourth-order valence-corrected chi connectivity index (χ4v) is 5.48. The molecule has 142 valence electrons. The Balaban J connectivity index is 2.49. The van der Waals surface area contributed by atoms with Crippen molar-refractivity contribution in [1.29, 1.82) is 0 Å². The van der Waals surface area contributed by atoms with Crippen LogP contribution in [0.25, 0.3) is 0 Å². The Morgan fingerprint density at radius 3 is 2.00 bits per heavy atom. The number of hydrogen-bond acceptors (Lipinski definition) is 6. The van der Waals surface area contributed by atoms with Crippen LogP contribution < -0.4 is 5.32 Å². The van der Waals surface area contributed by atoms with Crippen LogP contribution in [0, 0.1) is 0 Å². The molecule has 0 aliphatic heterocycles. The Morgan fingerprint density at radius 2 is 1.54 bits per heavy atom. The van der Waals surface area contributed by atoms with Crippen molar-refractivity contribution >= 4 is 45.1 Å². The molecule has 2 rings (SSSR count). The fraction of sp³-hybridized carbons (Fsp3) is 0.294. The van der Waals surface area contributed by atoms with E-state index >= 15 is 0 Å². The van der Waals surface area contributed by atoms with E-state index in [1.165, 1.54) is 12.1 Å². The molecule has 0 amide bonds. The molecule has 0 aliphatic carbocycles. The monoisotopic (exact) mass is 507 g/mol. The summed E-state index contributed by atoms with van der Waals surface area (Å²) < 4.78 is 25.4. The summed E-state index contributed by atoms with van der Waals surface area (Å²) in [4.78, 5) is 0. The topological polar surface area (TPSA) is 88.0 Å². The third-order valence-electron chi connectivity index (χ3n) is 3.46. The minimum absolute atomic E-state index is 0.0644. The summed E-state index contributed by atoms with van der Waals surface area (Å²) >= 11 is 6.56. The van der Waals surface area contributed by atoms with Crippen LogP contribution in [0.1, 0.15) is 25.2 Å². The van der Waals surface area contributed by atoms with Crippen LogP contribution in [0.5, 0.6) is 11.5 Å². The molecule has 2 aromatic rings. The number of rotatable bonds is 8. The van der Waals surface area contributed by atoms with Gasteiger partial charge in [-0.15, -0.1) is 0 Å². The highest BCUT2D eigenvalue weighted by Gasteiger charge is 2.37. The second kappa shape index (κ2) is 9.24. The van der Waals surface area contributed by atoms with Crippen molar-refractivity contribution in [3.63, 3.8) is 0 Å². The zero-order valence-electron chi connectivity index (χ0n) is 14.3. The standard InChI is InChI=1S/C17H20Br2NO5P/c1-3-24-26(23,25-4-2)17(11-5-7-13(21)8-6-11)20-12-9-14(18)16(22)15(19)10-12/h5-10,17,20-22H,3-4H2,1-2H3. The third-order valence-corrected chi connectivity index (χ3v) is 6.97. The average molecular weight is 509 g/mol. The molecule has 0 saturated carbocycles. The van der Waals surface area contributed by atoms with Gasteiger partial charge in [-0.3, -0.25) is 4.57 Å². The van der Waals surface area contributed by atoms with E-state index in [1.54, 1.807) is 38.1 Å². The molecule has 2 aromatic carbocycles. The maximum Gasteiger partial charge on any atom is 0.357 e. The van der Waals surface area contributed by atoms with Crippen LogP contribution >= 0.6 is 39.5 Å². The maximum absolute atomic E-state index is 13.4. The van der Waals surface area contributed by atoms with Gasteiger partial charge in [0.05, 0.1) is 22.2 Å². The molecule has 0 spiro atoms. The highest BCUT2D eigenvalue weighted by molar-refractivity contribution is 9.11. The molecule has 0 heterocycles. The molecule has 1 unspecified atom stereocenters. The van der Waals surface area contributed by atoms with E-state index in [4.69, 9.17) is 9.05 Å². The molecule has 0 bridgehead atoms. The normalized spacial score (nSPS) is 12.8. The Kier molecular flexibility index (Phi) is 7.55. The first-order chi connectivity index (χ1) is 12.3. The number of aromatic hydroxyl groups is 2. The predicted molar refractivity (Wildman–Crippen MR) is 109 cm³/mol. The fourth-order valence-electron chi connectivity index (χ4n) is 2.35. The Bertz CT molecular complexity index is 767. The van der Waals surface area contributed by atoms with Gasteiger partial charge >= 0.3 is 7.60 Å². The molecular formula is C17H20Br2NO5P. The van der Waals surface area contributed by atoms with Gasteiger partial charge in [0.1, 0.15) is 11.5 Å². The summed E-state index contributed by atoms with van der Waals surface area (Å²) in [5.74, 6) is -0.633. The molecule has 0 fully saturated rings. The van der Waals surface area contributed by atoms with E-state index in [0.29, 0.717) is 20.2 Å². The molecule has 1 atom stereocenters. The molecule has 6 nitrogen and oxygen atoms in total. The molecular weight excluding hydrogens is 489 g/mol. The van der Waals surface area contributed by atoms with E-state index in [0.717, 1.165) is 0 Å². The van der Waals surface area contributed by atoms with Crippen molar-refractivity contribution in [2.24, 2.45) is 0 Å². The van der Waals surface area contributed by atoms with Gasteiger partial charge in [-0.1, -0.05) is 12.1 Å². The first-order valence-electron chi connectivity index (χ1n) is 7.93. The molecule has 0 radical (unpaired) electrons. The van der Waals surface area contributed by atoms with Gasteiger partial charge in [0.2, 0.25) is 0 Å². The third kappa shape index (κ3) is 5.02. The second-order valence-electron chi connectivity index (χ2n) is 5.30. The van der Waals surface area contributed by atoms with Crippen LogP contribution in [0.4, 0.5) is 5.69 Å². The second-order valence-corrected chi connectivity index (χ2v) is 9.12.